The van der Waals surface area contributed by atoms with Crippen LogP contribution in [0.25, 0.3) is 10.9 Å². The van der Waals surface area contributed by atoms with Gasteiger partial charge in [0.05, 0.1) is 28.6 Å². The maximum absolute atomic E-state index is 13.9. The summed E-state index contributed by atoms with van der Waals surface area (Å²) in [5.41, 5.74) is 0.989. The van der Waals surface area contributed by atoms with Crippen LogP contribution in [0.3, 0.4) is 0 Å². The van der Waals surface area contributed by atoms with Crippen LogP contribution >= 0.6 is 23.4 Å². The second kappa shape index (κ2) is 12.2. The molecule has 0 radical (unpaired) electrons. The normalized spacial score (nSPS) is 16.7. The smallest absolute Gasteiger partial charge is 0.142 e. The first-order valence-corrected chi connectivity index (χ1v) is 13.5. The molecule has 0 bridgehead atoms. The number of methoxy groups -OCH3 is 1. The Bertz CT molecular complexity index is 1220. The van der Waals surface area contributed by atoms with Crippen molar-refractivity contribution < 1.29 is 28.1 Å². The first kappa shape index (κ1) is 28.0. The lowest BCUT2D eigenvalue weighted by molar-refractivity contribution is 0.0254. The van der Waals surface area contributed by atoms with Crippen LogP contribution in [0, 0.1) is 22.9 Å². The molecule has 2 aromatic carbocycles. The molecule has 1 aliphatic heterocycles. The van der Waals surface area contributed by atoms with Gasteiger partial charge in [-0.15, -0.1) is 11.8 Å². The van der Waals surface area contributed by atoms with Gasteiger partial charge in [0.15, 0.2) is 0 Å². The van der Waals surface area contributed by atoms with E-state index < -0.39 is 23.6 Å². The molecule has 1 aromatic heterocycles. The van der Waals surface area contributed by atoms with Crippen LogP contribution in [-0.4, -0.2) is 59.2 Å². The van der Waals surface area contributed by atoms with Crippen molar-refractivity contribution in [2.24, 2.45) is 5.41 Å². The van der Waals surface area contributed by atoms with Crippen molar-refractivity contribution in [1.82, 2.24) is 9.88 Å². The predicted molar refractivity (Wildman–Crippen MR) is 140 cm³/mol. The summed E-state index contributed by atoms with van der Waals surface area (Å²) in [6, 6.07) is 6.82. The van der Waals surface area contributed by atoms with E-state index in [1.807, 2.05) is 12.1 Å². The molecule has 5 nitrogen and oxygen atoms in total. The molecule has 0 spiro atoms. The number of piperidine rings is 1. The molecule has 2 N–H and O–H groups in total. The van der Waals surface area contributed by atoms with Crippen molar-refractivity contribution in [3.8, 4) is 5.75 Å². The highest BCUT2D eigenvalue weighted by Crippen LogP contribution is 2.40. The third-order valence-corrected chi connectivity index (χ3v) is 8.59. The van der Waals surface area contributed by atoms with Gasteiger partial charge in [-0.25, -0.2) is 13.2 Å². The molecule has 3 aromatic rings. The molecule has 0 unspecified atom stereocenters. The Hall–Kier alpha value is -2.04. The van der Waals surface area contributed by atoms with Gasteiger partial charge < -0.3 is 19.8 Å². The Morgan fingerprint density at radius 2 is 1.86 bits per heavy atom. The fourth-order valence-corrected chi connectivity index (χ4v) is 6.13. The lowest BCUT2D eigenvalue weighted by atomic mass is 9.74. The highest BCUT2D eigenvalue weighted by molar-refractivity contribution is 7.99. The number of aliphatic hydroxyl groups is 2. The van der Waals surface area contributed by atoms with Crippen molar-refractivity contribution in [3.05, 3.63) is 64.6 Å². The predicted octanol–water partition coefficient (Wildman–Crippen LogP) is 5.99. The summed E-state index contributed by atoms with van der Waals surface area (Å²) >= 11 is 7.47. The van der Waals surface area contributed by atoms with E-state index in [1.54, 1.807) is 13.2 Å². The lowest BCUT2D eigenvalue weighted by Crippen LogP contribution is -2.43. The third kappa shape index (κ3) is 6.52. The van der Waals surface area contributed by atoms with Gasteiger partial charge in [0.1, 0.15) is 23.2 Å². The van der Waals surface area contributed by atoms with Crippen molar-refractivity contribution in [2.45, 2.75) is 36.7 Å². The van der Waals surface area contributed by atoms with Crippen LogP contribution in [0.15, 0.2) is 41.4 Å². The maximum atomic E-state index is 13.9. The van der Waals surface area contributed by atoms with Crippen molar-refractivity contribution in [2.75, 3.05) is 39.1 Å². The van der Waals surface area contributed by atoms with Gasteiger partial charge in [0.2, 0.25) is 0 Å². The van der Waals surface area contributed by atoms with Crippen molar-refractivity contribution >= 4 is 34.3 Å². The van der Waals surface area contributed by atoms with Gasteiger partial charge in [-0.05, 0) is 62.4 Å². The number of benzene rings is 2. The molecule has 1 atom stereocenters. The Labute approximate surface area is 223 Å². The first-order chi connectivity index (χ1) is 17.7. The van der Waals surface area contributed by atoms with E-state index in [0.717, 1.165) is 43.1 Å². The number of hydrogen-bond donors (Lipinski definition) is 2. The number of aliphatic hydroxyl groups excluding tert-OH is 2. The molecular weight excluding hydrogens is 525 g/mol. The number of ether oxygens (including phenoxy) is 1. The van der Waals surface area contributed by atoms with E-state index in [4.69, 9.17) is 16.3 Å². The summed E-state index contributed by atoms with van der Waals surface area (Å²) in [5.74, 6) is -1.60. The molecule has 1 fully saturated rings. The molecule has 37 heavy (non-hydrogen) atoms. The van der Waals surface area contributed by atoms with Gasteiger partial charge in [0, 0.05) is 48.2 Å². The Kier molecular flexibility index (Phi) is 9.24. The molecule has 200 valence electrons. The Morgan fingerprint density at radius 3 is 2.51 bits per heavy atom. The molecule has 4 rings (SSSR count). The second-order valence-corrected chi connectivity index (χ2v) is 11.0. The SMILES string of the molecule is COc1ccc2ncc(Cl)c([C@@H](O)CCC3(CO)CCN(CCSc4c(F)cc(F)cc4F)CC3)c2c1. The topological polar surface area (TPSA) is 65.8 Å². The number of likely N-dealkylation sites (tertiary alicyclic amines) is 1. The molecule has 10 heteroatoms. The zero-order valence-electron chi connectivity index (χ0n) is 20.5. The fraction of sp³-hybridized carbons (Fsp3) is 0.444. The number of pyridine rings is 1. The molecule has 2 heterocycles. The van der Waals surface area contributed by atoms with Gasteiger partial charge in [0.25, 0.3) is 0 Å². The molecule has 0 aliphatic carbocycles. The largest absolute Gasteiger partial charge is 0.497 e. The highest BCUT2D eigenvalue weighted by atomic mass is 35.5. The van der Waals surface area contributed by atoms with E-state index in [0.29, 0.717) is 59.1 Å². The highest BCUT2D eigenvalue weighted by Gasteiger charge is 2.34. The van der Waals surface area contributed by atoms with Gasteiger partial charge >= 0.3 is 0 Å². The average Bonchev–Trinajstić information content (AvgIpc) is 2.89. The molecule has 0 saturated carbocycles. The zero-order chi connectivity index (χ0) is 26.6. The van der Waals surface area contributed by atoms with E-state index in [1.165, 1.54) is 6.20 Å². The standard InChI is InChI=1S/C27H30ClF3N2O3S/c1-36-18-2-3-23-19(14-18)25(20(28)15-32-23)24(35)4-5-27(16-34)6-8-33(9-7-27)10-11-37-26-21(30)12-17(29)13-22(26)31/h2-3,12-15,24,34-35H,4-11,16H2,1H3/t24-/m0/s1. The van der Waals surface area contributed by atoms with Gasteiger partial charge in [-0.3, -0.25) is 4.98 Å². The summed E-state index contributed by atoms with van der Waals surface area (Å²) in [6.45, 7) is 2.07. The molecule has 1 saturated heterocycles. The van der Waals surface area contributed by atoms with E-state index in [9.17, 15) is 23.4 Å². The molecule has 0 amide bonds. The van der Waals surface area contributed by atoms with Crippen LogP contribution in [0.2, 0.25) is 5.02 Å². The summed E-state index contributed by atoms with van der Waals surface area (Å²) < 4.78 is 46.2. The zero-order valence-corrected chi connectivity index (χ0v) is 22.1. The van der Waals surface area contributed by atoms with Gasteiger partial charge in [-0.2, -0.15) is 0 Å². The number of fused-ring (bicyclic) bond motifs is 1. The van der Waals surface area contributed by atoms with E-state index in [-0.39, 0.29) is 16.9 Å². The number of halogens is 4. The summed E-state index contributed by atoms with van der Waals surface area (Å²) in [5, 5.41) is 22.5. The average molecular weight is 555 g/mol. The third-order valence-electron chi connectivity index (χ3n) is 7.22. The van der Waals surface area contributed by atoms with Crippen molar-refractivity contribution in [1.29, 1.82) is 0 Å². The first-order valence-electron chi connectivity index (χ1n) is 12.2. The Balaban J connectivity index is 1.33. The van der Waals surface area contributed by atoms with E-state index >= 15 is 0 Å². The minimum atomic E-state index is -0.931. The van der Waals surface area contributed by atoms with Crippen LogP contribution < -0.4 is 4.74 Å². The summed E-state index contributed by atoms with van der Waals surface area (Å²) in [7, 11) is 1.57. The molecular formula is C27H30ClF3N2O3S. The van der Waals surface area contributed by atoms with Gasteiger partial charge in [-0.1, -0.05) is 11.6 Å². The molecule has 1 aliphatic rings. The Morgan fingerprint density at radius 1 is 1.16 bits per heavy atom. The van der Waals surface area contributed by atoms with Crippen molar-refractivity contribution in [3.63, 3.8) is 0 Å². The number of rotatable bonds is 10. The second-order valence-electron chi connectivity index (χ2n) is 9.50. The van der Waals surface area contributed by atoms with Crippen LogP contribution in [0.4, 0.5) is 13.2 Å². The summed E-state index contributed by atoms with van der Waals surface area (Å²) in [6.07, 6.45) is 3.22. The number of nitrogens with zero attached hydrogens (tertiary/aromatic N) is 2. The van der Waals surface area contributed by atoms with Crippen LogP contribution in [0.1, 0.15) is 37.4 Å². The number of aromatic nitrogens is 1. The maximum Gasteiger partial charge on any atom is 0.142 e. The van der Waals surface area contributed by atoms with Crippen LogP contribution in [-0.2, 0) is 0 Å². The van der Waals surface area contributed by atoms with Crippen LogP contribution in [0.5, 0.6) is 5.75 Å². The quantitative estimate of drug-likeness (QED) is 0.300. The monoisotopic (exact) mass is 554 g/mol. The van der Waals surface area contributed by atoms with E-state index in [2.05, 4.69) is 9.88 Å². The number of thioether (sulfide) groups is 1. The fourth-order valence-electron chi connectivity index (χ4n) is 4.90. The minimum absolute atomic E-state index is 0.00690. The summed E-state index contributed by atoms with van der Waals surface area (Å²) in [4.78, 5) is 6.36. The lowest BCUT2D eigenvalue weighted by Gasteiger charge is -2.41. The number of hydrogen-bond acceptors (Lipinski definition) is 6. The minimum Gasteiger partial charge on any atom is -0.497 e.